The molecule has 0 aliphatic carbocycles. The van der Waals surface area contributed by atoms with Gasteiger partial charge in [-0.05, 0) is 25.1 Å². The Labute approximate surface area is 196 Å². The van der Waals surface area contributed by atoms with Gasteiger partial charge in [0.25, 0.3) is 0 Å². The fourth-order valence-electron chi connectivity index (χ4n) is 4.00. The van der Waals surface area contributed by atoms with E-state index in [1.54, 1.807) is 11.3 Å². The quantitative estimate of drug-likeness (QED) is 0.366. The van der Waals surface area contributed by atoms with Crippen LogP contribution in [0.15, 0.2) is 30.5 Å². The molecule has 0 saturated carbocycles. The highest BCUT2D eigenvalue weighted by Gasteiger charge is 2.21. The lowest BCUT2D eigenvalue weighted by Gasteiger charge is -2.28. The number of ether oxygens (including phenoxy) is 1. The Morgan fingerprint density at radius 2 is 2.09 bits per heavy atom. The van der Waals surface area contributed by atoms with Crippen molar-refractivity contribution in [3.63, 3.8) is 0 Å². The molecule has 4 heterocycles. The number of aromatic amines is 1. The Hall–Kier alpha value is -2.60. The Morgan fingerprint density at radius 1 is 1.24 bits per heavy atom. The van der Waals surface area contributed by atoms with Crippen molar-refractivity contribution >= 4 is 48.1 Å². The van der Waals surface area contributed by atoms with Gasteiger partial charge >= 0.3 is 0 Å². The van der Waals surface area contributed by atoms with E-state index in [0.29, 0.717) is 38.5 Å². The molecule has 5 rings (SSSR count). The number of thiophene rings is 1. The van der Waals surface area contributed by atoms with E-state index in [0.717, 1.165) is 50.5 Å². The number of morpholine rings is 1. The van der Waals surface area contributed by atoms with Gasteiger partial charge in [-0.15, -0.1) is 11.3 Å². The molecule has 0 amide bonds. The number of anilines is 1. The fourth-order valence-corrected chi connectivity index (χ4v) is 5.75. The molecule has 3 aromatic heterocycles. The molecule has 1 aromatic carbocycles. The molecule has 1 aliphatic heterocycles. The number of hydrogen-bond acceptors (Lipinski definition) is 9. The summed E-state index contributed by atoms with van der Waals surface area (Å²) in [4.78, 5) is 13.4. The maximum absolute atomic E-state index is 11.3. The number of fused-ring (bicyclic) bond motifs is 2. The number of hydrogen-bond donors (Lipinski definition) is 2. The molecule has 9 nitrogen and oxygen atoms in total. The molecule has 33 heavy (non-hydrogen) atoms. The highest BCUT2D eigenvalue weighted by Crippen LogP contribution is 2.35. The molecule has 0 atom stereocenters. The van der Waals surface area contributed by atoms with Crippen molar-refractivity contribution in [2.45, 2.75) is 13.0 Å². The van der Waals surface area contributed by atoms with E-state index in [9.17, 15) is 8.42 Å². The van der Waals surface area contributed by atoms with E-state index in [1.165, 1.54) is 6.26 Å². The molecule has 2 N–H and O–H groups in total. The molecule has 174 valence electrons. The highest BCUT2D eigenvalue weighted by atomic mass is 32.2. The van der Waals surface area contributed by atoms with Gasteiger partial charge in [0.2, 0.25) is 0 Å². The van der Waals surface area contributed by atoms with Gasteiger partial charge in [-0.1, -0.05) is 12.1 Å². The summed E-state index contributed by atoms with van der Waals surface area (Å²) in [6.45, 7) is 4.25. The Balaban J connectivity index is 1.47. The minimum absolute atomic E-state index is 0.196. The zero-order chi connectivity index (χ0) is 22.8. The van der Waals surface area contributed by atoms with Crippen molar-refractivity contribution in [2.24, 2.45) is 0 Å². The number of rotatable bonds is 8. The molecule has 4 aromatic rings. The number of nitrogens with one attached hydrogen (secondary N) is 2. The van der Waals surface area contributed by atoms with Gasteiger partial charge in [0.05, 0.1) is 40.9 Å². The standard InChI is InChI=1S/C22H26N6O3S2/c1-33(29,30)11-3-6-23-13-15-12-19-20(32-15)22(28-7-9-31-10-8-28)26-21(25-19)16-4-2-5-18-17(16)14-24-27-18/h2,4-5,12,14,23H,3,6-11,13H2,1H3,(H,24,27). The third kappa shape index (κ3) is 5.01. The first kappa shape index (κ1) is 22.2. The third-order valence-corrected chi connectivity index (χ3v) is 7.76. The maximum Gasteiger partial charge on any atom is 0.162 e. The molecular weight excluding hydrogens is 460 g/mol. The fraction of sp³-hybridized carbons (Fsp3) is 0.409. The number of benzene rings is 1. The van der Waals surface area contributed by atoms with Gasteiger partial charge in [-0.25, -0.2) is 18.4 Å². The van der Waals surface area contributed by atoms with Crippen LogP contribution in [-0.4, -0.2) is 73.4 Å². The van der Waals surface area contributed by atoms with Crippen LogP contribution in [0.25, 0.3) is 32.5 Å². The molecule has 0 spiro atoms. The normalized spacial score (nSPS) is 15.0. The Morgan fingerprint density at radius 3 is 2.91 bits per heavy atom. The lowest BCUT2D eigenvalue weighted by molar-refractivity contribution is 0.122. The first-order valence-electron chi connectivity index (χ1n) is 10.9. The summed E-state index contributed by atoms with van der Waals surface area (Å²) in [5, 5.41) is 11.5. The van der Waals surface area contributed by atoms with Crippen LogP contribution in [0.4, 0.5) is 5.82 Å². The first-order valence-corrected chi connectivity index (χ1v) is 13.8. The molecule has 1 fully saturated rings. The smallest absolute Gasteiger partial charge is 0.162 e. The van der Waals surface area contributed by atoms with Crippen molar-refractivity contribution in [1.29, 1.82) is 0 Å². The van der Waals surface area contributed by atoms with E-state index in [2.05, 4.69) is 26.5 Å². The van der Waals surface area contributed by atoms with Crippen molar-refractivity contribution < 1.29 is 13.2 Å². The molecule has 1 aliphatic rings. The van der Waals surface area contributed by atoms with Crippen molar-refractivity contribution in [1.82, 2.24) is 25.5 Å². The number of sulfone groups is 1. The molecule has 0 bridgehead atoms. The van der Waals surface area contributed by atoms with Crippen LogP contribution in [0.2, 0.25) is 0 Å². The van der Waals surface area contributed by atoms with Gasteiger partial charge in [-0.3, -0.25) is 5.10 Å². The summed E-state index contributed by atoms with van der Waals surface area (Å²) in [7, 11) is -2.93. The maximum atomic E-state index is 11.3. The van der Waals surface area contributed by atoms with E-state index < -0.39 is 9.84 Å². The van der Waals surface area contributed by atoms with Crippen molar-refractivity contribution in [3.05, 3.63) is 35.3 Å². The largest absolute Gasteiger partial charge is 0.378 e. The topological polar surface area (TPSA) is 113 Å². The zero-order valence-electron chi connectivity index (χ0n) is 18.4. The third-order valence-electron chi connectivity index (χ3n) is 5.61. The lowest BCUT2D eigenvalue weighted by atomic mass is 10.1. The van der Waals surface area contributed by atoms with Crippen molar-refractivity contribution in [3.8, 4) is 11.4 Å². The van der Waals surface area contributed by atoms with E-state index in [4.69, 9.17) is 14.7 Å². The SMILES string of the molecule is CS(=O)(=O)CCCNCc1cc2nc(-c3cccc4[nH]ncc34)nc(N3CCOCC3)c2s1. The highest BCUT2D eigenvalue weighted by molar-refractivity contribution is 7.90. The van der Waals surface area contributed by atoms with Crippen LogP contribution in [0.1, 0.15) is 11.3 Å². The van der Waals surface area contributed by atoms with Gasteiger partial charge < -0.3 is 15.0 Å². The molecule has 0 unspecified atom stereocenters. The predicted molar refractivity (Wildman–Crippen MR) is 132 cm³/mol. The summed E-state index contributed by atoms with van der Waals surface area (Å²) < 4.78 is 29.3. The van der Waals surface area contributed by atoms with Crippen LogP contribution in [0, 0.1) is 0 Å². The van der Waals surface area contributed by atoms with Crippen LogP contribution >= 0.6 is 11.3 Å². The second-order valence-electron chi connectivity index (χ2n) is 8.19. The van der Waals surface area contributed by atoms with Gasteiger partial charge in [-0.2, -0.15) is 5.10 Å². The summed E-state index contributed by atoms with van der Waals surface area (Å²) >= 11 is 1.68. The number of aromatic nitrogens is 4. The van der Waals surface area contributed by atoms with Gasteiger partial charge in [0.1, 0.15) is 9.84 Å². The number of H-pyrrole nitrogens is 1. The molecule has 11 heteroatoms. The minimum Gasteiger partial charge on any atom is -0.378 e. The van der Waals surface area contributed by atoms with Crippen LogP contribution in [-0.2, 0) is 21.1 Å². The Bertz CT molecular complexity index is 1380. The average molecular weight is 487 g/mol. The van der Waals surface area contributed by atoms with E-state index >= 15 is 0 Å². The predicted octanol–water partition coefficient (Wildman–Crippen LogP) is 2.60. The van der Waals surface area contributed by atoms with E-state index in [1.807, 2.05) is 24.4 Å². The molecule has 1 saturated heterocycles. The molecule has 0 radical (unpaired) electrons. The van der Waals surface area contributed by atoms with Crippen molar-refractivity contribution in [2.75, 3.05) is 49.8 Å². The number of nitrogens with zero attached hydrogens (tertiary/aromatic N) is 4. The van der Waals surface area contributed by atoms with E-state index in [-0.39, 0.29) is 5.75 Å². The van der Waals surface area contributed by atoms with Crippen LogP contribution in [0.5, 0.6) is 0 Å². The van der Waals surface area contributed by atoms with Gasteiger partial charge in [0.15, 0.2) is 11.6 Å². The Kier molecular flexibility index (Phi) is 6.28. The second-order valence-corrected chi connectivity index (χ2v) is 11.6. The lowest BCUT2D eigenvalue weighted by Crippen LogP contribution is -2.36. The summed E-state index contributed by atoms with van der Waals surface area (Å²) in [6, 6.07) is 8.11. The minimum atomic E-state index is -2.93. The average Bonchev–Trinajstić information content (AvgIpc) is 3.44. The second kappa shape index (κ2) is 9.34. The summed E-state index contributed by atoms with van der Waals surface area (Å²) in [5.41, 5.74) is 2.82. The first-order chi connectivity index (χ1) is 16.0. The van der Waals surface area contributed by atoms with Crippen LogP contribution in [0.3, 0.4) is 0 Å². The van der Waals surface area contributed by atoms with Crippen LogP contribution < -0.4 is 10.2 Å². The van der Waals surface area contributed by atoms with Gasteiger partial charge in [0, 0.05) is 41.7 Å². The monoisotopic (exact) mass is 486 g/mol. The summed E-state index contributed by atoms with van der Waals surface area (Å²) in [5.74, 6) is 1.82. The molecular formula is C22H26N6O3S2. The zero-order valence-corrected chi connectivity index (χ0v) is 20.0. The summed E-state index contributed by atoms with van der Waals surface area (Å²) in [6.07, 6.45) is 3.68.